The largest absolute Gasteiger partial charge is 0.315 e. The van der Waals surface area contributed by atoms with Crippen LogP contribution in [0.3, 0.4) is 0 Å². The van der Waals surface area contributed by atoms with Crippen molar-refractivity contribution >= 4 is 10.9 Å². The summed E-state index contributed by atoms with van der Waals surface area (Å²) in [4.78, 5) is 4.45. The molecule has 0 aliphatic rings. The minimum atomic E-state index is 0.877. The predicted molar refractivity (Wildman–Crippen MR) is 76.6 cm³/mol. The fourth-order valence-corrected chi connectivity index (χ4v) is 2.01. The first-order valence-corrected chi connectivity index (χ1v) is 6.66. The summed E-state index contributed by atoms with van der Waals surface area (Å²) in [6.45, 7) is 6.16. The molecular formula is C15H21N3. The van der Waals surface area contributed by atoms with Gasteiger partial charge in [0.25, 0.3) is 0 Å². The molecule has 1 heterocycles. The second-order valence-electron chi connectivity index (χ2n) is 4.42. The zero-order valence-corrected chi connectivity index (χ0v) is 10.9. The summed E-state index contributed by atoms with van der Waals surface area (Å²) in [5.74, 6) is 0. The zero-order valence-electron chi connectivity index (χ0n) is 10.9. The van der Waals surface area contributed by atoms with Gasteiger partial charge in [0.1, 0.15) is 0 Å². The molecule has 0 atom stereocenters. The van der Waals surface area contributed by atoms with E-state index in [9.17, 15) is 0 Å². The van der Waals surface area contributed by atoms with E-state index in [-0.39, 0.29) is 0 Å². The zero-order chi connectivity index (χ0) is 12.6. The number of pyridine rings is 1. The van der Waals surface area contributed by atoms with E-state index in [1.54, 1.807) is 0 Å². The van der Waals surface area contributed by atoms with E-state index in [0.29, 0.717) is 0 Å². The summed E-state index contributed by atoms with van der Waals surface area (Å²) in [5.41, 5.74) is 2.37. The Kier molecular flexibility index (Phi) is 5.12. The molecule has 0 amide bonds. The fourth-order valence-electron chi connectivity index (χ4n) is 2.01. The van der Waals surface area contributed by atoms with Gasteiger partial charge in [0.15, 0.2) is 0 Å². The Morgan fingerprint density at radius 2 is 1.83 bits per heavy atom. The third-order valence-corrected chi connectivity index (χ3v) is 2.94. The van der Waals surface area contributed by atoms with Crippen LogP contribution < -0.4 is 10.6 Å². The van der Waals surface area contributed by atoms with Crippen LogP contribution in [0.4, 0.5) is 0 Å². The van der Waals surface area contributed by atoms with Crippen LogP contribution in [0.5, 0.6) is 0 Å². The van der Waals surface area contributed by atoms with Gasteiger partial charge in [-0.1, -0.05) is 31.2 Å². The number of fused-ring (bicyclic) bond motifs is 1. The molecule has 96 valence electrons. The average molecular weight is 243 g/mol. The van der Waals surface area contributed by atoms with E-state index in [1.165, 1.54) is 17.4 Å². The summed E-state index contributed by atoms with van der Waals surface area (Å²) in [5, 5.41) is 8.04. The molecule has 3 heteroatoms. The molecule has 0 spiro atoms. The van der Waals surface area contributed by atoms with Crippen molar-refractivity contribution in [3.8, 4) is 0 Å². The van der Waals surface area contributed by atoms with Gasteiger partial charge >= 0.3 is 0 Å². The molecule has 2 N–H and O–H groups in total. The molecule has 0 aliphatic carbocycles. The first-order chi connectivity index (χ1) is 8.92. The second-order valence-corrected chi connectivity index (χ2v) is 4.42. The van der Waals surface area contributed by atoms with Crippen molar-refractivity contribution in [1.82, 2.24) is 15.6 Å². The molecule has 0 fully saturated rings. The van der Waals surface area contributed by atoms with Gasteiger partial charge in [-0.3, -0.25) is 4.98 Å². The minimum Gasteiger partial charge on any atom is -0.315 e. The van der Waals surface area contributed by atoms with Gasteiger partial charge in [-0.25, -0.2) is 0 Å². The lowest BCUT2D eigenvalue weighted by atomic mass is 10.1. The summed E-state index contributed by atoms with van der Waals surface area (Å²) >= 11 is 0. The predicted octanol–water partition coefficient (Wildman–Crippen LogP) is 2.32. The Hall–Kier alpha value is -1.45. The summed E-state index contributed by atoms with van der Waals surface area (Å²) in [6.07, 6.45) is 3.04. The molecule has 0 aliphatic heterocycles. The quantitative estimate of drug-likeness (QED) is 0.733. The molecule has 2 rings (SSSR count). The normalized spacial score (nSPS) is 10.9. The van der Waals surface area contributed by atoms with Crippen LogP contribution in [-0.2, 0) is 6.54 Å². The van der Waals surface area contributed by atoms with E-state index >= 15 is 0 Å². The maximum Gasteiger partial charge on any atom is 0.0746 e. The lowest BCUT2D eigenvalue weighted by molar-refractivity contribution is 0.607. The van der Waals surface area contributed by atoms with Crippen molar-refractivity contribution in [3.05, 3.63) is 42.1 Å². The first kappa shape index (κ1) is 13.0. The minimum absolute atomic E-state index is 0.877. The van der Waals surface area contributed by atoms with Crippen molar-refractivity contribution < 1.29 is 0 Å². The molecule has 2 aromatic rings. The van der Waals surface area contributed by atoms with Gasteiger partial charge in [-0.2, -0.15) is 0 Å². The highest BCUT2D eigenvalue weighted by atomic mass is 14.9. The Balaban J connectivity index is 1.88. The number of para-hydroxylation sites is 1. The van der Waals surface area contributed by atoms with Gasteiger partial charge in [0.2, 0.25) is 0 Å². The molecular weight excluding hydrogens is 222 g/mol. The first-order valence-electron chi connectivity index (χ1n) is 6.66. The van der Waals surface area contributed by atoms with E-state index in [1.807, 2.05) is 12.3 Å². The van der Waals surface area contributed by atoms with Crippen LogP contribution in [0.2, 0.25) is 0 Å². The summed E-state index contributed by atoms with van der Waals surface area (Å²) < 4.78 is 0. The molecule has 1 aromatic heterocycles. The average Bonchev–Trinajstić information content (AvgIpc) is 2.43. The molecule has 3 nitrogen and oxygen atoms in total. The smallest absolute Gasteiger partial charge is 0.0746 e. The number of rotatable bonds is 7. The number of nitrogens with zero attached hydrogens (tertiary/aromatic N) is 1. The number of aromatic nitrogens is 1. The Morgan fingerprint density at radius 1 is 1.00 bits per heavy atom. The topological polar surface area (TPSA) is 37.0 Å². The lowest BCUT2D eigenvalue weighted by Crippen LogP contribution is -2.27. The van der Waals surface area contributed by atoms with E-state index in [4.69, 9.17) is 0 Å². The number of benzene rings is 1. The van der Waals surface area contributed by atoms with Crippen LogP contribution >= 0.6 is 0 Å². The van der Waals surface area contributed by atoms with Crippen LogP contribution in [0, 0.1) is 0 Å². The Morgan fingerprint density at radius 3 is 2.72 bits per heavy atom. The number of hydrogen-bond donors (Lipinski definition) is 2. The van der Waals surface area contributed by atoms with E-state index < -0.39 is 0 Å². The fraction of sp³-hybridized carbons (Fsp3) is 0.400. The monoisotopic (exact) mass is 243 g/mol. The third kappa shape index (κ3) is 3.52. The van der Waals surface area contributed by atoms with Gasteiger partial charge in [-0.05, 0) is 24.6 Å². The molecule has 0 unspecified atom stereocenters. The van der Waals surface area contributed by atoms with Crippen molar-refractivity contribution in [3.63, 3.8) is 0 Å². The van der Waals surface area contributed by atoms with Gasteiger partial charge < -0.3 is 10.6 Å². The van der Waals surface area contributed by atoms with E-state index in [0.717, 1.165) is 31.7 Å². The maximum absolute atomic E-state index is 4.45. The van der Waals surface area contributed by atoms with Crippen molar-refractivity contribution in [2.24, 2.45) is 0 Å². The highest BCUT2D eigenvalue weighted by molar-refractivity contribution is 5.81. The molecule has 1 aromatic carbocycles. The van der Waals surface area contributed by atoms with Crippen LogP contribution in [0.25, 0.3) is 10.9 Å². The third-order valence-electron chi connectivity index (χ3n) is 2.94. The maximum atomic E-state index is 4.45. The Bertz CT molecular complexity index is 477. The number of nitrogens with one attached hydrogen (secondary N) is 2. The standard InChI is InChI=1S/C15H21N3/c1-2-8-16-10-11-17-12-14-6-3-5-13-7-4-9-18-15(13)14/h3-7,9,16-17H,2,8,10-12H2,1H3. The lowest BCUT2D eigenvalue weighted by Gasteiger charge is -2.08. The van der Waals surface area contributed by atoms with Gasteiger partial charge in [0.05, 0.1) is 5.52 Å². The molecule has 0 saturated heterocycles. The van der Waals surface area contributed by atoms with Gasteiger partial charge in [-0.15, -0.1) is 0 Å². The summed E-state index contributed by atoms with van der Waals surface area (Å²) in [6, 6.07) is 10.4. The SMILES string of the molecule is CCCNCCNCc1cccc2cccnc12. The molecule has 0 saturated carbocycles. The van der Waals surface area contributed by atoms with Crippen molar-refractivity contribution in [2.75, 3.05) is 19.6 Å². The number of hydrogen-bond acceptors (Lipinski definition) is 3. The van der Waals surface area contributed by atoms with Crippen LogP contribution in [0.15, 0.2) is 36.5 Å². The second kappa shape index (κ2) is 7.09. The van der Waals surface area contributed by atoms with Crippen LogP contribution in [-0.4, -0.2) is 24.6 Å². The van der Waals surface area contributed by atoms with Crippen molar-refractivity contribution in [1.29, 1.82) is 0 Å². The highest BCUT2D eigenvalue weighted by Crippen LogP contribution is 2.15. The van der Waals surface area contributed by atoms with Crippen LogP contribution in [0.1, 0.15) is 18.9 Å². The van der Waals surface area contributed by atoms with Gasteiger partial charge in [0, 0.05) is 31.2 Å². The van der Waals surface area contributed by atoms with E-state index in [2.05, 4.69) is 46.8 Å². The van der Waals surface area contributed by atoms with Crippen molar-refractivity contribution in [2.45, 2.75) is 19.9 Å². The highest BCUT2D eigenvalue weighted by Gasteiger charge is 2.00. The molecule has 0 radical (unpaired) electrons. The molecule has 18 heavy (non-hydrogen) atoms. The molecule has 0 bridgehead atoms. The Labute approximate surface area is 109 Å². The summed E-state index contributed by atoms with van der Waals surface area (Å²) in [7, 11) is 0.